The van der Waals surface area contributed by atoms with E-state index in [2.05, 4.69) is 21.4 Å². The maximum absolute atomic E-state index is 14.4. The third-order valence-electron chi connectivity index (χ3n) is 12.0. The number of hydrogen-bond acceptors (Lipinski definition) is 9. The van der Waals surface area contributed by atoms with Crippen LogP contribution < -0.4 is 15.4 Å². The molecule has 1 unspecified atom stereocenters. The molecule has 6 aliphatic rings. The van der Waals surface area contributed by atoms with Crippen LogP contribution in [0.1, 0.15) is 114 Å². The van der Waals surface area contributed by atoms with E-state index in [4.69, 9.17) is 9.47 Å². The van der Waals surface area contributed by atoms with E-state index >= 15 is 0 Å². The Morgan fingerprint density at radius 3 is 2.45 bits per heavy atom. The Labute approximate surface area is 311 Å². The number of carbonyl (C=O) groups excluding carboxylic acids is 5. The summed E-state index contributed by atoms with van der Waals surface area (Å²) in [5.41, 5.74) is 1.95. The topological polar surface area (TPSA) is 181 Å². The molecule has 0 spiro atoms. The van der Waals surface area contributed by atoms with Crippen molar-refractivity contribution in [3.8, 4) is 0 Å². The van der Waals surface area contributed by atoms with Crippen LogP contribution in [0.2, 0.25) is 0 Å². The Balaban J connectivity index is 1.16. The van der Waals surface area contributed by atoms with Crippen LogP contribution in [0.15, 0.2) is 18.2 Å². The Kier molecular flexibility index (Phi) is 10.9. The average Bonchev–Trinajstić information content (AvgIpc) is 4.01. The summed E-state index contributed by atoms with van der Waals surface area (Å²) >= 11 is 0. The summed E-state index contributed by atoms with van der Waals surface area (Å²) in [6.07, 6.45) is 7.77. The largest absolute Gasteiger partial charge is 0.449 e. The smallest absolute Gasteiger partial charge is 0.410 e. The molecular weight excluding hydrogens is 703 g/mol. The van der Waals surface area contributed by atoms with Crippen molar-refractivity contribution < 1.29 is 41.9 Å². The van der Waals surface area contributed by atoms with Gasteiger partial charge in [-0.3, -0.25) is 24.0 Å². The molecule has 290 valence electrons. The van der Waals surface area contributed by atoms with Crippen molar-refractivity contribution in [3.05, 3.63) is 34.9 Å². The number of fused-ring (bicyclic) bond motifs is 4. The number of nitrogens with one attached hydrogen (secondary N) is 3. The number of ether oxygens (including phenoxy) is 2. The first-order valence-corrected chi connectivity index (χ1v) is 21.1. The molecule has 1 aromatic carbocycles. The minimum atomic E-state index is -3.87. The second-order valence-corrected chi connectivity index (χ2v) is 18.1. The SMILES string of the molecule is C[C@@H]1CCCCc2cccc3c2CN(C3)C(=O)O[C@@H]2C[C@H]3C(=O)N[C@]4(C(=O)NS(=O)(=O)C5CC5)CC4CCCCCCC[C@H](NC(=O)OC1)C(=O)N3C2. The number of benzene rings is 1. The molecule has 2 aliphatic carbocycles. The fourth-order valence-electron chi connectivity index (χ4n) is 8.62. The first kappa shape index (κ1) is 37.4. The summed E-state index contributed by atoms with van der Waals surface area (Å²) < 4.78 is 39.5. The quantitative estimate of drug-likeness (QED) is 0.414. The van der Waals surface area contributed by atoms with Crippen LogP contribution in [0.25, 0.3) is 0 Å². The summed E-state index contributed by atoms with van der Waals surface area (Å²) in [5.74, 6) is -2.02. The predicted molar refractivity (Wildman–Crippen MR) is 192 cm³/mol. The number of sulfonamides is 1. The summed E-state index contributed by atoms with van der Waals surface area (Å²) in [6.45, 7) is 2.95. The fourth-order valence-corrected chi connectivity index (χ4v) is 9.98. The number of nitrogens with zero attached hydrogens (tertiary/aromatic N) is 2. The first-order chi connectivity index (χ1) is 25.4. The molecule has 5 amide bonds. The standard InChI is InChI=1S/C38H53N5O9S/c1-24-10-7-8-11-25-12-9-13-26-20-42(22-30(25)26)37(48)52-28-18-32-33(44)40-38(35(46)41-53(49,50)29-16-17-29)19-27(38)14-5-3-2-4-6-15-31(34(45)43(32)21-28)39-36(47)51-23-24/h9,12-13,24,27-29,31-32H,2-8,10-11,14-23H2,1H3,(H,39,47)(H,40,44)(H,41,46)/t24-,27?,28-,31+,32+,38-/m1/s1. The van der Waals surface area contributed by atoms with E-state index < -0.39 is 68.9 Å². The van der Waals surface area contributed by atoms with E-state index in [-0.39, 0.29) is 37.8 Å². The molecule has 2 saturated carbocycles. The van der Waals surface area contributed by atoms with Gasteiger partial charge in [-0.05, 0) is 79.9 Å². The average molecular weight is 756 g/mol. The van der Waals surface area contributed by atoms with E-state index in [1.807, 2.05) is 19.1 Å². The van der Waals surface area contributed by atoms with Crippen LogP contribution in [0, 0.1) is 11.8 Å². The Morgan fingerprint density at radius 1 is 0.925 bits per heavy atom. The molecule has 15 heteroatoms. The Bertz CT molecular complexity index is 1720. The number of carbonyl (C=O) groups is 5. The minimum Gasteiger partial charge on any atom is -0.449 e. The van der Waals surface area contributed by atoms with E-state index in [9.17, 15) is 32.4 Å². The second kappa shape index (κ2) is 15.5. The van der Waals surface area contributed by atoms with E-state index in [1.54, 1.807) is 4.90 Å². The Hall–Kier alpha value is -3.88. The van der Waals surface area contributed by atoms with Crippen molar-refractivity contribution in [3.63, 3.8) is 0 Å². The van der Waals surface area contributed by atoms with E-state index in [0.717, 1.165) is 62.5 Å². The van der Waals surface area contributed by atoms with Gasteiger partial charge in [0.25, 0.3) is 5.91 Å². The molecule has 0 aromatic heterocycles. The molecule has 53 heavy (non-hydrogen) atoms. The molecule has 3 N–H and O–H groups in total. The van der Waals surface area contributed by atoms with Crippen LogP contribution in [-0.2, 0) is 53.4 Å². The highest BCUT2D eigenvalue weighted by molar-refractivity contribution is 7.91. The lowest BCUT2D eigenvalue weighted by Gasteiger charge is -2.30. The molecule has 2 saturated heterocycles. The van der Waals surface area contributed by atoms with Crippen molar-refractivity contribution in [2.75, 3.05) is 13.2 Å². The summed E-state index contributed by atoms with van der Waals surface area (Å²) in [6, 6.07) is 4.01. The van der Waals surface area contributed by atoms with Gasteiger partial charge in [0, 0.05) is 19.5 Å². The molecule has 4 heterocycles. The summed E-state index contributed by atoms with van der Waals surface area (Å²) in [7, 11) is -3.87. The van der Waals surface area contributed by atoms with Gasteiger partial charge in [-0.2, -0.15) is 0 Å². The van der Waals surface area contributed by atoms with Gasteiger partial charge in [0.15, 0.2) is 0 Å². The third-order valence-corrected chi connectivity index (χ3v) is 13.9. The van der Waals surface area contributed by atoms with Gasteiger partial charge in [0.05, 0.1) is 18.4 Å². The molecular formula is C38H53N5O9S. The number of alkyl carbamates (subject to hydrolysis) is 1. The second-order valence-electron chi connectivity index (χ2n) is 16.2. The molecule has 7 rings (SSSR count). The number of hydrogen-bond donors (Lipinski definition) is 3. The molecule has 14 nitrogen and oxygen atoms in total. The van der Waals surface area contributed by atoms with Crippen LogP contribution in [0.5, 0.6) is 0 Å². The van der Waals surface area contributed by atoms with E-state index in [1.165, 1.54) is 10.5 Å². The van der Waals surface area contributed by atoms with E-state index in [0.29, 0.717) is 45.2 Å². The number of rotatable bonds is 3. The van der Waals surface area contributed by atoms with Crippen molar-refractivity contribution in [1.82, 2.24) is 25.2 Å². The molecule has 5 bridgehead atoms. The zero-order chi connectivity index (χ0) is 37.3. The molecule has 1 aromatic rings. The van der Waals surface area contributed by atoms with Gasteiger partial charge in [-0.15, -0.1) is 0 Å². The van der Waals surface area contributed by atoms with Crippen LogP contribution in [0.3, 0.4) is 0 Å². The van der Waals surface area contributed by atoms with Gasteiger partial charge in [-0.25, -0.2) is 18.0 Å². The van der Waals surface area contributed by atoms with Crippen molar-refractivity contribution in [1.29, 1.82) is 0 Å². The highest BCUT2D eigenvalue weighted by Gasteiger charge is 2.62. The summed E-state index contributed by atoms with van der Waals surface area (Å²) in [4.78, 5) is 72.2. The normalized spacial score (nSPS) is 31.9. The maximum atomic E-state index is 14.4. The molecule has 4 fully saturated rings. The summed E-state index contributed by atoms with van der Waals surface area (Å²) in [5, 5.41) is 5.06. The number of aryl methyl sites for hydroxylation is 1. The lowest BCUT2D eigenvalue weighted by molar-refractivity contribution is -0.141. The van der Waals surface area contributed by atoms with Crippen LogP contribution in [-0.4, -0.2) is 90.3 Å². The van der Waals surface area contributed by atoms with Crippen molar-refractivity contribution in [2.24, 2.45) is 11.8 Å². The highest BCUT2D eigenvalue weighted by atomic mass is 32.2. The van der Waals surface area contributed by atoms with Gasteiger partial charge < -0.3 is 25.0 Å². The monoisotopic (exact) mass is 755 g/mol. The zero-order valence-electron chi connectivity index (χ0n) is 30.6. The predicted octanol–water partition coefficient (Wildman–Crippen LogP) is 3.79. The fraction of sp³-hybridized carbons (Fsp3) is 0.711. The Morgan fingerprint density at radius 2 is 1.66 bits per heavy atom. The highest BCUT2D eigenvalue weighted by Crippen LogP contribution is 2.48. The molecule has 6 atom stereocenters. The maximum Gasteiger partial charge on any atom is 0.410 e. The number of cyclic esters (lactones) is 1. The molecule has 4 aliphatic heterocycles. The van der Waals surface area contributed by atoms with Crippen LogP contribution >= 0.6 is 0 Å². The van der Waals surface area contributed by atoms with Crippen LogP contribution in [0.4, 0.5) is 9.59 Å². The van der Waals surface area contributed by atoms with Gasteiger partial charge in [0.2, 0.25) is 21.8 Å². The van der Waals surface area contributed by atoms with Gasteiger partial charge >= 0.3 is 12.2 Å². The third kappa shape index (κ3) is 8.44. The number of amides is 5. The first-order valence-electron chi connectivity index (χ1n) is 19.6. The van der Waals surface area contributed by atoms with Crippen molar-refractivity contribution >= 4 is 39.9 Å². The zero-order valence-corrected chi connectivity index (χ0v) is 31.4. The molecule has 0 radical (unpaired) electrons. The lowest BCUT2D eigenvalue weighted by Crippen LogP contribution is -2.58. The van der Waals surface area contributed by atoms with Crippen molar-refractivity contribution in [2.45, 2.75) is 145 Å². The van der Waals surface area contributed by atoms with Gasteiger partial charge in [0.1, 0.15) is 23.7 Å². The van der Waals surface area contributed by atoms with Gasteiger partial charge in [-0.1, -0.05) is 63.6 Å². The minimum absolute atomic E-state index is 0.0211. The lowest BCUT2D eigenvalue weighted by atomic mass is 9.97.